The van der Waals surface area contributed by atoms with Gasteiger partial charge in [0, 0.05) is 12.5 Å². The minimum atomic E-state index is -0.318. The number of β-amino-alcohol motifs (C(OH)–C–C–N with tert-alkyl or cyclic N) is 1. The maximum absolute atomic E-state index is 9.77. The van der Waals surface area contributed by atoms with Gasteiger partial charge < -0.3 is 20.3 Å². The summed E-state index contributed by atoms with van der Waals surface area (Å²) in [6, 6.07) is 7.11. The third-order valence-electron chi connectivity index (χ3n) is 3.17. The minimum absolute atomic E-state index is 0.205. The number of hydrogen-bond donors (Lipinski definition) is 3. The second-order valence-corrected chi connectivity index (χ2v) is 6.08. The van der Waals surface area contributed by atoms with E-state index in [2.05, 4.69) is 10.1 Å². The van der Waals surface area contributed by atoms with Crippen LogP contribution in [0.5, 0.6) is 5.75 Å². The lowest BCUT2D eigenvalue weighted by atomic mass is 9.88. The number of hydrogen-bond acceptors (Lipinski definition) is 5. The molecule has 0 unspecified atom stereocenters. The van der Waals surface area contributed by atoms with Crippen LogP contribution in [0.1, 0.15) is 38.7 Å². The second-order valence-electron chi connectivity index (χ2n) is 6.08. The van der Waals surface area contributed by atoms with Crippen LogP contribution in [0.2, 0.25) is 0 Å². The van der Waals surface area contributed by atoms with Crippen molar-refractivity contribution in [3.05, 3.63) is 29.8 Å². The van der Waals surface area contributed by atoms with Crippen LogP contribution in [0.4, 0.5) is 0 Å². The van der Waals surface area contributed by atoms with Crippen molar-refractivity contribution in [3.63, 3.8) is 0 Å². The largest absolute Gasteiger partial charge is 0.508 e. The number of ether oxygens (including phenoxy) is 1. The summed E-state index contributed by atoms with van der Waals surface area (Å²) in [6.45, 7) is 7.53. The summed E-state index contributed by atoms with van der Waals surface area (Å²) in [7, 11) is 0. The number of aliphatic hydroxyl groups is 1. The third-order valence-corrected chi connectivity index (χ3v) is 3.17. The average Bonchev–Trinajstić information content (AvgIpc) is 2.40. The Balaban J connectivity index is 0.000000270. The van der Waals surface area contributed by atoms with Crippen molar-refractivity contribution in [2.45, 2.75) is 44.8 Å². The van der Waals surface area contributed by atoms with Gasteiger partial charge in [-0.1, -0.05) is 12.1 Å². The van der Waals surface area contributed by atoms with Crippen LogP contribution in [0.3, 0.4) is 0 Å². The Bertz CT molecular complexity index is 425. The molecule has 118 valence electrons. The molecule has 1 aliphatic heterocycles. The molecule has 21 heavy (non-hydrogen) atoms. The first-order valence-electron chi connectivity index (χ1n) is 7.12. The van der Waals surface area contributed by atoms with E-state index in [1.165, 1.54) is 0 Å². The van der Waals surface area contributed by atoms with Gasteiger partial charge in [-0.3, -0.25) is 4.79 Å². The molecule has 5 heteroatoms. The van der Waals surface area contributed by atoms with E-state index in [9.17, 15) is 9.90 Å². The molecule has 0 saturated carbocycles. The number of aliphatic hydroxyl groups excluding tert-OH is 1. The first kappa shape index (κ1) is 17.5. The highest BCUT2D eigenvalue weighted by Gasteiger charge is 2.23. The first-order chi connectivity index (χ1) is 9.83. The maximum atomic E-state index is 9.77. The number of phenols is 1. The van der Waals surface area contributed by atoms with Crippen molar-refractivity contribution in [3.8, 4) is 5.75 Å². The zero-order valence-corrected chi connectivity index (χ0v) is 12.9. The third kappa shape index (κ3) is 6.60. The highest BCUT2D eigenvalue weighted by atomic mass is 16.5. The number of benzene rings is 1. The Hall–Kier alpha value is -1.59. The molecular weight excluding hydrogens is 270 g/mol. The highest BCUT2D eigenvalue weighted by molar-refractivity contribution is 5.37. The summed E-state index contributed by atoms with van der Waals surface area (Å²) in [6.07, 6.45) is 0.639. The lowest BCUT2D eigenvalue weighted by Gasteiger charge is -2.28. The topological polar surface area (TPSA) is 78.8 Å². The first-order valence-corrected chi connectivity index (χ1v) is 7.12. The fourth-order valence-electron chi connectivity index (χ4n) is 2.10. The molecule has 1 saturated heterocycles. The van der Waals surface area contributed by atoms with Gasteiger partial charge in [-0.05, 0) is 51.4 Å². The smallest absolute Gasteiger partial charge is 0.293 e. The molecule has 0 aromatic heterocycles. The van der Waals surface area contributed by atoms with Crippen LogP contribution in [0.25, 0.3) is 0 Å². The van der Waals surface area contributed by atoms with E-state index in [4.69, 9.17) is 5.11 Å². The number of nitrogens with one attached hydrogen (secondary N) is 1. The summed E-state index contributed by atoms with van der Waals surface area (Å²) in [5.74, 6) is 0.481. The Morgan fingerprint density at radius 1 is 1.29 bits per heavy atom. The number of piperidine rings is 1. The molecule has 2 atom stereocenters. The summed E-state index contributed by atoms with van der Waals surface area (Å²) >= 11 is 0. The summed E-state index contributed by atoms with van der Waals surface area (Å²) in [5.41, 5.74) is 0.790. The van der Waals surface area contributed by atoms with Gasteiger partial charge in [-0.2, -0.15) is 0 Å². The second kappa shape index (κ2) is 8.00. The molecule has 1 aromatic rings. The van der Waals surface area contributed by atoms with Crippen LogP contribution in [0, 0.1) is 0 Å². The molecule has 1 aliphatic rings. The van der Waals surface area contributed by atoms with Crippen LogP contribution >= 0.6 is 0 Å². The van der Waals surface area contributed by atoms with Gasteiger partial charge in [0.1, 0.15) is 11.4 Å². The molecule has 0 spiro atoms. The molecule has 0 amide bonds. The summed E-state index contributed by atoms with van der Waals surface area (Å²) < 4.78 is 4.55. The zero-order chi connectivity index (χ0) is 15.9. The molecule has 1 fully saturated rings. The van der Waals surface area contributed by atoms with Gasteiger partial charge >= 0.3 is 0 Å². The van der Waals surface area contributed by atoms with Gasteiger partial charge in [0.2, 0.25) is 0 Å². The van der Waals surface area contributed by atoms with Crippen molar-refractivity contribution >= 4 is 6.47 Å². The molecular formula is C16H25NO4. The zero-order valence-electron chi connectivity index (χ0n) is 12.9. The fourth-order valence-corrected chi connectivity index (χ4v) is 2.10. The molecule has 3 N–H and O–H groups in total. The standard InChI is InChI=1S/C11H15NO2.C5H10O2/c13-9-3-1-8(2-4-9)10-5-6-12-7-11(10)14;1-5(2,3)7-4-6/h1-4,10-14H,5-7H2;4H,1-3H3/t10-,11+;/m1./s1. The molecule has 5 nitrogen and oxygen atoms in total. The van der Waals surface area contributed by atoms with E-state index in [0.717, 1.165) is 18.5 Å². The van der Waals surface area contributed by atoms with Crippen LogP contribution in [-0.4, -0.2) is 41.5 Å². The Morgan fingerprint density at radius 3 is 2.33 bits per heavy atom. The van der Waals surface area contributed by atoms with E-state index in [1.807, 2.05) is 32.9 Å². The van der Waals surface area contributed by atoms with Gasteiger partial charge in [-0.25, -0.2) is 0 Å². The SMILES string of the molecule is CC(C)(C)OC=O.Oc1ccc([C@H]2CCNC[C@@H]2O)cc1. The molecule has 0 aliphatic carbocycles. The molecule has 0 radical (unpaired) electrons. The molecule has 1 aromatic carbocycles. The summed E-state index contributed by atoms with van der Waals surface area (Å²) in [5, 5.41) is 22.1. The fraction of sp³-hybridized carbons (Fsp3) is 0.562. The number of aromatic hydroxyl groups is 1. The van der Waals surface area contributed by atoms with Crippen molar-refractivity contribution in [2.24, 2.45) is 0 Å². The van der Waals surface area contributed by atoms with E-state index in [-0.39, 0.29) is 23.4 Å². The van der Waals surface area contributed by atoms with Crippen LogP contribution < -0.4 is 5.32 Å². The highest BCUT2D eigenvalue weighted by Crippen LogP contribution is 2.26. The predicted molar refractivity (Wildman–Crippen MR) is 81.2 cm³/mol. The van der Waals surface area contributed by atoms with E-state index >= 15 is 0 Å². The monoisotopic (exact) mass is 295 g/mol. The van der Waals surface area contributed by atoms with Crippen molar-refractivity contribution < 1.29 is 19.7 Å². The number of phenolic OH excluding ortho intramolecular Hbond substituents is 1. The van der Waals surface area contributed by atoms with E-state index < -0.39 is 0 Å². The quantitative estimate of drug-likeness (QED) is 0.725. The minimum Gasteiger partial charge on any atom is -0.508 e. The molecule has 1 heterocycles. The van der Waals surface area contributed by atoms with Gasteiger partial charge in [-0.15, -0.1) is 0 Å². The normalized spacial score (nSPS) is 21.9. The number of carbonyl (C=O) groups excluding carboxylic acids is 1. The van der Waals surface area contributed by atoms with Crippen molar-refractivity contribution in [2.75, 3.05) is 13.1 Å². The van der Waals surface area contributed by atoms with Gasteiger partial charge in [0.15, 0.2) is 0 Å². The van der Waals surface area contributed by atoms with Crippen molar-refractivity contribution in [1.29, 1.82) is 0 Å². The van der Waals surface area contributed by atoms with E-state index in [0.29, 0.717) is 13.0 Å². The van der Waals surface area contributed by atoms with Gasteiger partial charge in [0.05, 0.1) is 6.10 Å². The molecule has 2 rings (SSSR count). The van der Waals surface area contributed by atoms with Gasteiger partial charge in [0.25, 0.3) is 6.47 Å². The lowest BCUT2D eigenvalue weighted by molar-refractivity contribution is -0.138. The Labute approximate surface area is 125 Å². The number of carbonyl (C=O) groups is 1. The van der Waals surface area contributed by atoms with Crippen LogP contribution in [-0.2, 0) is 9.53 Å². The number of rotatable bonds is 2. The Kier molecular flexibility index (Phi) is 6.65. The van der Waals surface area contributed by atoms with Crippen LogP contribution in [0.15, 0.2) is 24.3 Å². The average molecular weight is 295 g/mol. The maximum Gasteiger partial charge on any atom is 0.293 e. The lowest BCUT2D eigenvalue weighted by Crippen LogP contribution is -2.39. The molecule has 0 bridgehead atoms. The Morgan fingerprint density at radius 2 is 1.90 bits per heavy atom. The van der Waals surface area contributed by atoms with Crippen molar-refractivity contribution in [1.82, 2.24) is 5.32 Å². The predicted octanol–water partition coefficient (Wildman–Crippen LogP) is 1.79. The van der Waals surface area contributed by atoms with E-state index in [1.54, 1.807) is 12.1 Å². The summed E-state index contributed by atoms with van der Waals surface area (Å²) in [4.78, 5) is 9.60.